The summed E-state index contributed by atoms with van der Waals surface area (Å²) in [6, 6.07) is 6.13. The Bertz CT molecular complexity index is 1430. The third-order valence-electron chi connectivity index (χ3n) is 5.07. The second kappa shape index (κ2) is 8.36. The van der Waals surface area contributed by atoms with Crippen LogP contribution >= 0.6 is 45.6 Å². The third-order valence-corrected chi connectivity index (χ3v) is 10.6. The maximum absolute atomic E-state index is 12.9. The summed E-state index contributed by atoms with van der Waals surface area (Å²) in [6.07, 6.45) is 1.80. The number of nitrogens with zero attached hydrogens (tertiary/aromatic N) is 3. The Kier molecular flexibility index (Phi) is 5.68. The van der Waals surface area contributed by atoms with Crippen LogP contribution in [0.1, 0.15) is 12.0 Å². The van der Waals surface area contributed by atoms with Crippen LogP contribution in [0.2, 0.25) is 4.34 Å². The monoisotopic (exact) mass is 525 g/mol. The first-order valence-corrected chi connectivity index (χ1v) is 13.8. The van der Waals surface area contributed by atoms with Gasteiger partial charge in [-0.1, -0.05) is 11.6 Å². The number of nitrogens with two attached hydrogens (primary N) is 1. The number of fused-ring (bicyclic) bond motifs is 1. The molecule has 1 aliphatic rings. The number of sulfonamides is 1. The number of carbonyl (C=O) groups excluding carboxylic acids is 1. The summed E-state index contributed by atoms with van der Waals surface area (Å²) >= 11 is 9.94. The van der Waals surface area contributed by atoms with Crippen LogP contribution in [0.15, 0.2) is 40.2 Å². The standard InChI is InChI=1S/C19H16ClN5O3S4/c20-14-3-1-12(30-14)13-2-4-15(31-13)32(27,28)24-11-5-6-25(19(11)26)7-10-8-29-17-16(10)22-9-23-18(17)21/h1-4,8-9,11,24H,5-7H2,(H2,21,22,23)/t11-/m0/s1. The molecular formula is C19H16ClN5O3S4. The second-order valence-electron chi connectivity index (χ2n) is 7.14. The van der Waals surface area contributed by atoms with Gasteiger partial charge in [-0.15, -0.1) is 34.0 Å². The van der Waals surface area contributed by atoms with Crippen molar-refractivity contribution in [2.24, 2.45) is 0 Å². The Hall–Kier alpha value is -2.09. The van der Waals surface area contributed by atoms with E-state index in [9.17, 15) is 13.2 Å². The van der Waals surface area contributed by atoms with E-state index >= 15 is 0 Å². The number of anilines is 1. The molecule has 5 rings (SSSR count). The normalized spacial score (nSPS) is 17.0. The van der Waals surface area contributed by atoms with E-state index in [2.05, 4.69) is 14.7 Å². The van der Waals surface area contributed by atoms with Gasteiger partial charge in [0.25, 0.3) is 10.0 Å². The molecule has 0 spiro atoms. The summed E-state index contributed by atoms with van der Waals surface area (Å²) in [4.78, 5) is 24.5. The Balaban J connectivity index is 1.29. The minimum atomic E-state index is -3.83. The highest BCUT2D eigenvalue weighted by molar-refractivity contribution is 7.91. The van der Waals surface area contributed by atoms with Gasteiger partial charge in [0.2, 0.25) is 5.91 Å². The van der Waals surface area contributed by atoms with E-state index in [1.54, 1.807) is 23.1 Å². The molecule has 0 aromatic carbocycles. The highest BCUT2D eigenvalue weighted by atomic mass is 35.5. The first kappa shape index (κ1) is 21.7. The predicted molar refractivity (Wildman–Crippen MR) is 129 cm³/mol. The molecule has 32 heavy (non-hydrogen) atoms. The van der Waals surface area contributed by atoms with E-state index in [0.717, 1.165) is 36.9 Å². The first-order chi connectivity index (χ1) is 15.3. The molecule has 166 valence electrons. The van der Waals surface area contributed by atoms with Gasteiger partial charge >= 0.3 is 0 Å². The molecule has 13 heteroatoms. The van der Waals surface area contributed by atoms with Crippen molar-refractivity contribution in [3.63, 3.8) is 0 Å². The van der Waals surface area contributed by atoms with Crippen molar-refractivity contribution in [2.75, 3.05) is 12.3 Å². The molecule has 0 aliphatic carbocycles. The molecule has 1 aliphatic heterocycles. The van der Waals surface area contributed by atoms with Crippen LogP contribution in [0, 0.1) is 0 Å². The van der Waals surface area contributed by atoms with Gasteiger partial charge in [-0.25, -0.2) is 18.4 Å². The first-order valence-electron chi connectivity index (χ1n) is 9.45. The molecule has 1 atom stereocenters. The SMILES string of the molecule is Nc1ncnc2c(CN3CC[C@H](NS(=O)(=O)c4ccc(-c5ccc(Cl)s5)s4)C3=O)csc12. The lowest BCUT2D eigenvalue weighted by Crippen LogP contribution is -2.41. The molecule has 0 bridgehead atoms. The number of amides is 1. The molecule has 0 saturated carbocycles. The average Bonchev–Trinajstić information content (AvgIpc) is 3.53. The number of hydrogen-bond acceptors (Lipinski definition) is 9. The van der Waals surface area contributed by atoms with Crippen molar-refractivity contribution in [3.05, 3.63) is 45.9 Å². The highest BCUT2D eigenvalue weighted by Gasteiger charge is 2.35. The highest BCUT2D eigenvalue weighted by Crippen LogP contribution is 2.37. The molecule has 4 aromatic rings. The molecule has 3 N–H and O–H groups in total. The Labute approximate surface area is 200 Å². The molecule has 1 amide bonds. The largest absolute Gasteiger partial charge is 0.382 e. The minimum Gasteiger partial charge on any atom is -0.382 e. The van der Waals surface area contributed by atoms with Crippen LogP contribution in [-0.4, -0.2) is 41.8 Å². The summed E-state index contributed by atoms with van der Waals surface area (Å²) in [6.45, 7) is 0.795. The number of aromatic nitrogens is 2. The quantitative estimate of drug-likeness (QED) is 0.395. The summed E-state index contributed by atoms with van der Waals surface area (Å²) in [7, 11) is -3.83. The molecule has 0 radical (unpaired) electrons. The van der Waals surface area contributed by atoms with Crippen molar-refractivity contribution in [2.45, 2.75) is 23.2 Å². The summed E-state index contributed by atoms with van der Waals surface area (Å²) in [5.74, 6) is 0.154. The maximum atomic E-state index is 12.9. The molecule has 8 nitrogen and oxygen atoms in total. The van der Waals surface area contributed by atoms with Gasteiger partial charge in [0.1, 0.15) is 22.4 Å². The van der Waals surface area contributed by atoms with Crippen LogP contribution in [-0.2, 0) is 21.4 Å². The van der Waals surface area contributed by atoms with E-state index in [-0.39, 0.29) is 10.1 Å². The molecule has 0 unspecified atom stereocenters. The third kappa shape index (κ3) is 4.02. The van der Waals surface area contributed by atoms with Gasteiger partial charge in [0, 0.05) is 28.4 Å². The Morgan fingerprint density at radius 1 is 1.19 bits per heavy atom. The lowest BCUT2D eigenvalue weighted by atomic mass is 10.2. The van der Waals surface area contributed by atoms with E-state index in [4.69, 9.17) is 17.3 Å². The van der Waals surface area contributed by atoms with Crippen molar-refractivity contribution < 1.29 is 13.2 Å². The summed E-state index contributed by atoms with van der Waals surface area (Å²) < 4.78 is 30.0. The van der Waals surface area contributed by atoms with Gasteiger partial charge in [-0.05, 0) is 36.1 Å². The van der Waals surface area contributed by atoms with E-state index in [0.29, 0.717) is 29.7 Å². The fourth-order valence-electron chi connectivity index (χ4n) is 3.53. The lowest BCUT2D eigenvalue weighted by Gasteiger charge is -2.16. The van der Waals surface area contributed by atoms with E-state index < -0.39 is 16.1 Å². The number of halogens is 1. The zero-order valence-electron chi connectivity index (χ0n) is 16.3. The number of thiophene rings is 3. The average molecular weight is 526 g/mol. The van der Waals surface area contributed by atoms with Gasteiger partial charge in [0.15, 0.2) is 0 Å². The molecule has 5 heterocycles. The van der Waals surface area contributed by atoms with Gasteiger partial charge in [0.05, 0.1) is 14.6 Å². The molecule has 1 saturated heterocycles. The molecule has 4 aromatic heterocycles. The fourth-order valence-corrected chi connectivity index (χ4v) is 8.13. The van der Waals surface area contributed by atoms with Crippen LogP contribution in [0.3, 0.4) is 0 Å². The van der Waals surface area contributed by atoms with Crippen molar-refractivity contribution in [1.29, 1.82) is 0 Å². The zero-order chi connectivity index (χ0) is 22.5. The van der Waals surface area contributed by atoms with Crippen LogP contribution < -0.4 is 10.5 Å². The Morgan fingerprint density at radius 3 is 2.75 bits per heavy atom. The smallest absolute Gasteiger partial charge is 0.250 e. The minimum absolute atomic E-state index is 0.166. The summed E-state index contributed by atoms with van der Waals surface area (Å²) in [5, 5.41) is 1.91. The molecular weight excluding hydrogens is 510 g/mol. The number of likely N-dealkylation sites (tertiary alicyclic amines) is 1. The van der Waals surface area contributed by atoms with Gasteiger partial charge < -0.3 is 10.6 Å². The van der Waals surface area contributed by atoms with Crippen LogP contribution in [0.25, 0.3) is 20.0 Å². The topological polar surface area (TPSA) is 118 Å². The van der Waals surface area contributed by atoms with Crippen LogP contribution in [0.4, 0.5) is 5.82 Å². The van der Waals surface area contributed by atoms with Crippen molar-refractivity contribution in [1.82, 2.24) is 19.6 Å². The fraction of sp³-hybridized carbons (Fsp3) is 0.211. The van der Waals surface area contributed by atoms with Crippen molar-refractivity contribution in [3.8, 4) is 9.75 Å². The summed E-state index contributed by atoms with van der Waals surface area (Å²) in [5.41, 5.74) is 7.48. The number of carbonyl (C=O) groups is 1. The second-order valence-corrected chi connectivity index (χ2v) is 12.8. The zero-order valence-corrected chi connectivity index (χ0v) is 20.3. The number of hydrogen-bond donors (Lipinski definition) is 2. The van der Waals surface area contributed by atoms with E-state index in [1.165, 1.54) is 29.0 Å². The van der Waals surface area contributed by atoms with Gasteiger partial charge in [-0.3, -0.25) is 4.79 Å². The molecule has 1 fully saturated rings. The Morgan fingerprint density at radius 2 is 1.97 bits per heavy atom. The van der Waals surface area contributed by atoms with Gasteiger partial charge in [-0.2, -0.15) is 4.72 Å². The van der Waals surface area contributed by atoms with E-state index in [1.807, 2.05) is 11.4 Å². The number of rotatable bonds is 6. The predicted octanol–water partition coefficient (Wildman–Crippen LogP) is 3.80. The number of nitrogen functional groups attached to an aromatic ring is 1. The van der Waals surface area contributed by atoms with Crippen molar-refractivity contribution >= 4 is 77.6 Å². The number of nitrogens with one attached hydrogen (secondary N) is 1. The van der Waals surface area contributed by atoms with Crippen LogP contribution in [0.5, 0.6) is 0 Å². The lowest BCUT2D eigenvalue weighted by molar-refractivity contribution is -0.129. The maximum Gasteiger partial charge on any atom is 0.250 e.